The third-order valence-corrected chi connectivity index (χ3v) is 4.22. The number of nitrogens with one attached hydrogen (secondary N) is 1. The Morgan fingerprint density at radius 1 is 1.19 bits per heavy atom. The fourth-order valence-corrected chi connectivity index (χ4v) is 2.32. The van der Waals surface area contributed by atoms with Crippen LogP contribution in [0.2, 0.25) is 0 Å². The van der Waals surface area contributed by atoms with Crippen LogP contribution in [-0.4, -0.2) is 5.91 Å². The zero-order chi connectivity index (χ0) is 15.6. The molecule has 2 aromatic rings. The van der Waals surface area contributed by atoms with Crippen molar-refractivity contribution in [1.82, 2.24) is 0 Å². The van der Waals surface area contributed by atoms with Gasteiger partial charge in [0.2, 0.25) is 0 Å². The maximum Gasteiger partial charge on any atom is 0.270 e. The van der Waals surface area contributed by atoms with Gasteiger partial charge in [-0.05, 0) is 59.3 Å². The number of carbonyl (C=O) groups is 1. The van der Waals surface area contributed by atoms with E-state index in [-0.39, 0.29) is 11.5 Å². The Kier molecular flexibility index (Phi) is 4.61. The number of amides is 1. The van der Waals surface area contributed by atoms with Gasteiger partial charge in [-0.15, -0.1) is 0 Å². The standard InChI is InChI=1S/C16H14F2INO/c1-10-6-7-11(8-14(10)19)15(21)20-13-5-3-4-12(9-13)16(2,17)18/h3-9H,1-2H3,(H,20,21). The highest BCUT2D eigenvalue weighted by atomic mass is 127. The third kappa shape index (κ3) is 4.00. The molecule has 0 bridgehead atoms. The summed E-state index contributed by atoms with van der Waals surface area (Å²) in [6.45, 7) is 2.78. The van der Waals surface area contributed by atoms with Gasteiger partial charge < -0.3 is 5.32 Å². The van der Waals surface area contributed by atoms with Crippen LogP contribution in [0.15, 0.2) is 42.5 Å². The van der Waals surface area contributed by atoms with Gasteiger partial charge in [0.25, 0.3) is 11.8 Å². The van der Waals surface area contributed by atoms with E-state index >= 15 is 0 Å². The largest absolute Gasteiger partial charge is 0.322 e. The van der Waals surface area contributed by atoms with Crippen LogP contribution in [0.5, 0.6) is 0 Å². The fraction of sp³-hybridized carbons (Fsp3) is 0.188. The summed E-state index contributed by atoms with van der Waals surface area (Å²) in [6.07, 6.45) is 0. The smallest absolute Gasteiger partial charge is 0.270 e. The van der Waals surface area contributed by atoms with Gasteiger partial charge in [0.1, 0.15) is 0 Å². The molecule has 2 nitrogen and oxygen atoms in total. The Morgan fingerprint density at radius 3 is 2.52 bits per heavy atom. The second-order valence-electron chi connectivity index (χ2n) is 4.89. The quantitative estimate of drug-likeness (QED) is 0.724. The number of hydrogen-bond donors (Lipinski definition) is 1. The van der Waals surface area contributed by atoms with Crippen molar-refractivity contribution in [3.63, 3.8) is 0 Å². The van der Waals surface area contributed by atoms with Gasteiger partial charge >= 0.3 is 0 Å². The van der Waals surface area contributed by atoms with Crippen LogP contribution in [0.25, 0.3) is 0 Å². The van der Waals surface area contributed by atoms with Crippen LogP contribution in [0.4, 0.5) is 14.5 Å². The monoisotopic (exact) mass is 401 g/mol. The van der Waals surface area contributed by atoms with E-state index in [1.54, 1.807) is 18.2 Å². The van der Waals surface area contributed by atoms with E-state index < -0.39 is 5.92 Å². The molecule has 0 unspecified atom stereocenters. The normalized spacial score (nSPS) is 11.3. The van der Waals surface area contributed by atoms with Gasteiger partial charge in [0, 0.05) is 27.3 Å². The fourth-order valence-electron chi connectivity index (χ4n) is 1.81. The first-order valence-electron chi connectivity index (χ1n) is 6.33. The summed E-state index contributed by atoms with van der Waals surface area (Å²) in [7, 11) is 0. The van der Waals surface area contributed by atoms with E-state index in [0.717, 1.165) is 16.1 Å². The SMILES string of the molecule is Cc1ccc(C(=O)Nc2cccc(C(C)(F)F)c2)cc1I. The van der Waals surface area contributed by atoms with Crippen molar-refractivity contribution < 1.29 is 13.6 Å². The molecule has 1 N–H and O–H groups in total. The second kappa shape index (κ2) is 6.09. The molecule has 0 heterocycles. The highest BCUT2D eigenvalue weighted by molar-refractivity contribution is 14.1. The molecule has 5 heteroatoms. The van der Waals surface area contributed by atoms with Crippen molar-refractivity contribution in [1.29, 1.82) is 0 Å². The summed E-state index contributed by atoms with van der Waals surface area (Å²) in [5.74, 6) is -3.25. The average Bonchev–Trinajstić information content (AvgIpc) is 2.41. The van der Waals surface area contributed by atoms with Crippen LogP contribution in [0.3, 0.4) is 0 Å². The van der Waals surface area contributed by atoms with Crippen LogP contribution in [-0.2, 0) is 5.92 Å². The summed E-state index contributed by atoms with van der Waals surface area (Å²) in [5.41, 5.74) is 1.81. The van der Waals surface area contributed by atoms with Crippen molar-refractivity contribution in [2.45, 2.75) is 19.8 Å². The maximum absolute atomic E-state index is 13.3. The summed E-state index contributed by atoms with van der Waals surface area (Å²) in [6, 6.07) is 11.1. The van der Waals surface area contributed by atoms with Crippen LogP contribution >= 0.6 is 22.6 Å². The van der Waals surface area contributed by atoms with E-state index in [4.69, 9.17) is 0 Å². The molecule has 2 rings (SSSR count). The van der Waals surface area contributed by atoms with Gasteiger partial charge in [0.15, 0.2) is 0 Å². The third-order valence-electron chi connectivity index (χ3n) is 3.06. The molecule has 0 spiro atoms. The molecule has 0 aromatic heterocycles. The molecule has 110 valence electrons. The number of halogens is 3. The zero-order valence-corrected chi connectivity index (χ0v) is 13.7. The molecule has 0 aliphatic rings. The molecule has 0 aliphatic heterocycles. The van der Waals surface area contributed by atoms with Crippen molar-refractivity contribution in [3.8, 4) is 0 Å². The Labute approximate surface area is 135 Å². The summed E-state index contributed by atoms with van der Waals surface area (Å²) >= 11 is 2.15. The molecule has 0 saturated heterocycles. The summed E-state index contributed by atoms with van der Waals surface area (Å²) < 4.78 is 27.5. The lowest BCUT2D eigenvalue weighted by atomic mass is 10.1. The predicted octanol–water partition coefficient (Wildman–Crippen LogP) is 4.96. The molecule has 2 aromatic carbocycles. The summed E-state index contributed by atoms with van der Waals surface area (Å²) in [4.78, 5) is 12.1. The minimum Gasteiger partial charge on any atom is -0.322 e. The molecule has 0 radical (unpaired) electrons. The van der Waals surface area contributed by atoms with Gasteiger partial charge in [-0.1, -0.05) is 18.2 Å². The summed E-state index contributed by atoms with van der Waals surface area (Å²) in [5, 5.41) is 2.64. The number of carbonyl (C=O) groups excluding carboxylic acids is 1. The van der Waals surface area contributed by atoms with E-state index in [2.05, 4.69) is 27.9 Å². The predicted molar refractivity (Wildman–Crippen MR) is 87.9 cm³/mol. The highest BCUT2D eigenvalue weighted by Gasteiger charge is 2.24. The molecular formula is C16H14F2INO. The Bertz CT molecular complexity index is 680. The van der Waals surface area contributed by atoms with Crippen LogP contribution < -0.4 is 5.32 Å². The minimum absolute atomic E-state index is 0.126. The van der Waals surface area contributed by atoms with Gasteiger partial charge in [-0.3, -0.25) is 4.79 Å². The van der Waals surface area contributed by atoms with Crippen molar-refractivity contribution >= 4 is 34.2 Å². The molecule has 0 saturated carbocycles. The van der Waals surface area contributed by atoms with Crippen molar-refractivity contribution in [3.05, 3.63) is 62.7 Å². The number of rotatable bonds is 3. The molecule has 21 heavy (non-hydrogen) atoms. The number of aryl methyl sites for hydroxylation is 1. The van der Waals surface area contributed by atoms with Gasteiger partial charge in [-0.25, -0.2) is 8.78 Å². The molecule has 0 fully saturated rings. The van der Waals surface area contributed by atoms with E-state index in [1.165, 1.54) is 18.2 Å². The first-order chi connectivity index (χ1) is 9.77. The van der Waals surface area contributed by atoms with E-state index in [1.807, 2.05) is 13.0 Å². The van der Waals surface area contributed by atoms with Gasteiger partial charge in [-0.2, -0.15) is 0 Å². The topological polar surface area (TPSA) is 29.1 Å². The Morgan fingerprint density at radius 2 is 1.90 bits per heavy atom. The van der Waals surface area contributed by atoms with Crippen LogP contribution in [0.1, 0.15) is 28.4 Å². The molecular weight excluding hydrogens is 387 g/mol. The first kappa shape index (κ1) is 15.9. The van der Waals surface area contributed by atoms with Crippen molar-refractivity contribution in [2.75, 3.05) is 5.32 Å². The molecule has 0 aliphatic carbocycles. The van der Waals surface area contributed by atoms with E-state index in [9.17, 15) is 13.6 Å². The zero-order valence-electron chi connectivity index (χ0n) is 11.6. The minimum atomic E-state index is -2.93. The highest BCUT2D eigenvalue weighted by Crippen LogP contribution is 2.28. The molecule has 1 amide bonds. The number of benzene rings is 2. The number of anilines is 1. The van der Waals surface area contributed by atoms with Gasteiger partial charge in [0.05, 0.1) is 0 Å². The maximum atomic E-state index is 13.3. The van der Waals surface area contributed by atoms with E-state index in [0.29, 0.717) is 11.3 Å². The lowest BCUT2D eigenvalue weighted by molar-refractivity contribution is 0.0175. The number of hydrogen-bond acceptors (Lipinski definition) is 1. The van der Waals surface area contributed by atoms with Crippen LogP contribution in [0, 0.1) is 10.5 Å². The number of alkyl halides is 2. The second-order valence-corrected chi connectivity index (χ2v) is 6.05. The Balaban J connectivity index is 2.21. The van der Waals surface area contributed by atoms with Crippen molar-refractivity contribution in [2.24, 2.45) is 0 Å². The lowest BCUT2D eigenvalue weighted by Gasteiger charge is -2.12. The first-order valence-corrected chi connectivity index (χ1v) is 7.41. The Hall–Kier alpha value is -1.50. The molecule has 0 atom stereocenters. The lowest BCUT2D eigenvalue weighted by Crippen LogP contribution is -2.13. The average molecular weight is 401 g/mol.